The number of ether oxygens (including phenoxy) is 1. The van der Waals surface area contributed by atoms with Gasteiger partial charge in [-0.05, 0) is 33.6 Å². The number of hydrogen-bond acceptors (Lipinski definition) is 5. The molecule has 0 aromatic carbocycles. The van der Waals surface area contributed by atoms with Gasteiger partial charge in [0.15, 0.2) is 6.10 Å². The maximum absolute atomic E-state index is 11.9. The molecule has 0 saturated carbocycles. The van der Waals surface area contributed by atoms with Crippen LogP contribution in [0, 0.1) is 0 Å². The number of likely N-dealkylation sites (tertiary alicyclic amines) is 1. The minimum absolute atomic E-state index is 0.125. The number of piperidine rings is 1. The molecule has 1 aliphatic heterocycles. The lowest BCUT2D eigenvalue weighted by Crippen LogP contribution is -2.59. The van der Waals surface area contributed by atoms with Crippen molar-refractivity contribution in [1.29, 1.82) is 0 Å². The summed E-state index contributed by atoms with van der Waals surface area (Å²) >= 11 is 0. The molecule has 0 aromatic rings. The summed E-state index contributed by atoms with van der Waals surface area (Å²) in [6, 6.07) is 0. The van der Waals surface area contributed by atoms with E-state index in [1.807, 2.05) is 0 Å². The number of aliphatic hydroxyl groups excluding tert-OH is 1. The van der Waals surface area contributed by atoms with E-state index in [1.165, 1.54) is 4.90 Å². The fraction of sp³-hybridized carbons (Fsp3) is 0.833. The quantitative estimate of drug-likeness (QED) is 0.664. The average molecular weight is 275 g/mol. The minimum atomic E-state index is -1.92. The first kappa shape index (κ1) is 15.7. The predicted octanol–water partition coefficient (Wildman–Crippen LogP) is 0.194. The highest BCUT2D eigenvalue weighted by molar-refractivity contribution is 5.74. The zero-order valence-electron chi connectivity index (χ0n) is 11.4. The summed E-state index contributed by atoms with van der Waals surface area (Å²) < 4.78 is 5.16. The van der Waals surface area contributed by atoms with Crippen molar-refractivity contribution in [3.8, 4) is 0 Å². The fourth-order valence-electron chi connectivity index (χ4n) is 2.00. The molecular formula is C12H21NO6. The van der Waals surface area contributed by atoms with Crippen LogP contribution >= 0.6 is 0 Å². The Morgan fingerprint density at radius 1 is 1.37 bits per heavy atom. The molecule has 1 saturated heterocycles. The molecule has 1 heterocycles. The molecule has 0 aliphatic carbocycles. The molecule has 1 rings (SSSR count). The number of β-amino-alcohol motifs (C(OH)–C–C–N with tert-alkyl or cyclic N) is 1. The number of carbonyl (C=O) groups excluding carboxylic acids is 1. The van der Waals surface area contributed by atoms with Crippen LogP contribution in [0.5, 0.6) is 0 Å². The Balaban J connectivity index is 2.74. The van der Waals surface area contributed by atoms with Gasteiger partial charge < -0.3 is 25.0 Å². The van der Waals surface area contributed by atoms with Crippen molar-refractivity contribution in [2.75, 3.05) is 13.1 Å². The van der Waals surface area contributed by atoms with Crippen molar-refractivity contribution >= 4 is 12.1 Å². The van der Waals surface area contributed by atoms with Crippen molar-refractivity contribution in [3.63, 3.8) is 0 Å². The Labute approximate surface area is 111 Å². The van der Waals surface area contributed by atoms with Gasteiger partial charge in [-0.15, -0.1) is 0 Å². The zero-order valence-corrected chi connectivity index (χ0v) is 11.4. The van der Waals surface area contributed by atoms with Gasteiger partial charge in [-0.25, -0.2) is 9.59 Å². The molecule has 1 fully saturated rings. The second kappa shape index (κ2) is 5.34. The van der Waals surface area contributed by atoms with Gasteiger partial charge in [-0.2, -0.15) is 0 Å². The van der Waals surface area contributed by atoms with E-state index >= 15 is 0 Å². The van der Waals surface area contributed by atoms with Crippen molar-refractivity contribution in [1.82, 2.24) is 4.90 Å². The van der Waals surface area contributed by atoms with E-state index in [4.69, 9.17) is 9.84 Å². The fourth-order valence-corrected chi connectivity index (χ4v) is 2.00. The van der Waals surface area contributed by atoms with Crippen LogP contribution in [0.15, 0.2) is 0 Å². The molecule has 19 heavy (non-hydrogen) atoms. The zero-order chi connectivity index (χ0) is 14.8. The molecule has 2 unspecified atom stereocenters. The molecule has 3 N–H and O–H groups in total. The van der Waals surface area contributed by atoms with Crippen LogP contribution in [-0.4, -0.2) is 62.7 Å². The first-order valence-electron chi connectivity index (χ1n) is 6.16. The summed E-state index contributed by atoms with van der Waals surface area (Å²) in [5.74, 6) is -1.51. The topological polar surface area (TPSA) is 107 Å². The van der Waals surface area contributed by atoms with Gasteiger partial charge in [0.2, 0.25) is 0 Å². The van der Waals surface area contributed by atoms with E-state index in [1.54, 1.807) is 20.8 Å². The third-order valence-corrected chi connectivity index (χ3v) is 2.90. The molecule has 0 radical (unpaired) electrons. The average Bonchev–Trinajstić information content (AvgIpc) is 2.25. The van der Waals surface area contributed by atoms with Crippen molar-refractivity contribution in [2.45, 2.75) is 50.9 Å². The lowest BCUT2D eigenvalue weighted by atomic mass is 9.87. The van der Waals surface area contributed by atoms with Crippen molar-refractivity contribution in [2.24, 2.45) is 0 Å². The number of rotatable bonds is 2. The Kier molecular flexibility index (Phi) is 4.42. The first-order chi connectivity index (χ1) is 8.55. The molecule has 0 bridgehead atoms. The molecule has 7 heteroatoms. The van der Waals surface area contributed by atoms with E-state index in [0.717, 1.165) is 0 Å². The number of aliphatic carboxylic acids is 1. The predicted molar refractivity (Wildman–Crippen MR) is 65.6 cm³/mol. The van der Waals surface area contributed by atoms with Crippen LogP contribution in [0.3, 0.4) is 0 Å². The monoisotopic (exact) mass is 275 g/mol. The van der Waals surface area contributed by atoms with Crippen molar-refractivity contribution in [3.05, 3.63) is 0 Å². The van der Waals surface area contributed by atoms with E-state index in [2.05, 4.69) is 0 Å². The van der Waals surface area contributed by atoms with Crippen LogP contribution < -0.4 is 0 Å². The number of carboxylic acids is 1. The lowest BCUT2D eigenvalue weighted by molar-refractivity contribution is -0.169. The smallest absolute Gasteiger partial charge is 0.410 e. The summed E-state index contributed by atoms with van der Waals surface area (Å²) in [5, 5.41) is 28.4. The van der Waals surface area contributed by atoms with Gasteiger partial charge in [-0.3, -0.25) is 0 Å². The maximum Gasteiger partial charge on any atom is 0.410 e. The summed E-state index contributed by atoms with van der Waals surface area (Å²) in [4.78, 5) is 23.8. The molecule has 0 aromatic heterocycles. The molecule has 110 valence electrons. The minimum Gasteiger partial charge on any atom is -0.479 e. The molecule has 0 spiro atoms. The third-order valence-electron chi connectivity index (χ3n) is 2.90. The number of carboxylic acid groups (broad SMARTS) is 1. The van der Waals surface area contributed by atoms with Crippen LogP contribution in [0.2, 0.25) is 0 Å². The highest BCUT2D eigenvalue weighted by Gasteiger charge is 2.45. The molecule has 1 aliphatic rings. The largest absolute Gasteiger partial charge is 0.479 e. The lowest BCUT2D eigenvalue weighted by Gasteiger charge is -2.40. The normalized spacial score (nSPS) is 25.8. The van der Waals surface area contributed by atoms with E-state index in [9.17, 15) is 19.8 Å². The van der Waals surface area contributed by atoms with Gasteiger partial charge in [0.05, 0.1) is 6.54 Å². The van der Waals surface area contributed by atoms with Gasteiger partial charge in [0.25, 0.3) is 0 Å². The molecule has 2 atom stereocenters. The highest BCUT2D eigenvalue weighted by atomic mass is 16.6. The van der Waals surface area contributed by atoms with Gasteiger partial charge in [0, 0.05) is 6.54 Å². The van der Waals surface area contributed by atoms with Crippen LogP contribution in [0.4, 0.5) is 4.79 Å². The van der Waals surface area contributed by atoms with E-state index < -0.39 is 29.4 Å². The summed E-state index contributed by atoms with van der Waals surface area (Å²) in [5.41, 5.74) is -2.50. The molecule has 7 nitrogen and oxygen atoms in total. The Bertz CT molecular complexity index is 364. The second-order valence-electron chi connectivity index (χ2n) is 5.85. The summed E-state index contributed by atoms with van der Waals surface area (Å²) in [6.07, 6.45) is -2.01. The Hall–Kier alpha value is -1.34. The van der Waals surface area contributed by atoms with Gasteiger partial charge in [0.1, 0.15) is 11.2 Å². The first-order valence-corrected chi connectivity index (χ1v) is 6.16. The van der Waals surface area contributed by atoms with Crippen LogP contribution in [0.25, 0.3) is 0 Å². The second-order valence-corrected chi connectivity index (χ2v) is 5.85. The van der Waals surface area contributed by atoms with Gasteiger partial charge in [-0.1, -0.05) is 0 Å². The number of nitrogens with zero attached hydrogens (tertiary/aromatic N) is 1. The molecule has 1 amide bonds. The van der Waals surface area contributed by atoms with E-state index in [-0.39, 0.29) is 13.0 Å². The number of hydrogen-bond donors (Lipinski definition) is 3. The standard InChI is InChI=1S/C12H21NO6/c1-11(2,3)19-10(17)13-6-4-5-12(18,7-13)8(14)9(15)16/h8,14,18H,4-7H2,1-3H3,(H,15,16). The number of aliphatic hydroxyl groups is 2. The summed E-state index contributed by atoms with van der Waals surface area (Å²) in [6.45, 7) is 5.26. The maximum atomic E-state index is 11.9. The van der Waals surface area contributed by atoms with Gasteiger partial charge >= 0.3 is 12.1 Å². The SMILES string of the molecule is CC(C)(C)OC(=O)N1CCCC(O)(C(O)C(=O)O)C1. The molecular weight excluding hydrogens is 254 g/mol. The number of carbonyl (C=O) groups is 2. The summed E-state index contributed by atoms with van der Waals surface area (Å²) in [7, 11) is 0. The van der Waals surface area contributed by atoms with Crippen molar-refractivity contribution < 1.29 is 29.6 Å². The van der Waals surface area contributed by atoms with Crippen LogP contribution in [0.1, 0.15) is 33.6 Å². The number of amides is 1. The van der Waals surface area contributed by atoms with E-state index in [0.29, 0.717) is 13.0 Å². The third kappa shape index (κ3) is 4.07. The Morgan fingerprint density at radius 2 is 1.95 bits per heavy atom. The van der Waals surface area contributed by atoms with Crippen LogP contribution in [-0.2, 0) is 9.53 Å². The highest BCUT2D eigenvalue weighted by Crippen LogP contribution is 2.26. The Morgan fingerprint density at radius 3 is 2.42 bits per heavy atom.